The van der Waals surface area contributed by atoms with E-state index in [0.29, 0.717) is 15.0 Å². The number of nitrogens with zero attached hydrogens (tertiary/aromatic N) is 1. The van der Waals surface area contributed by atoms with Crippen molar-refractivity contribution in [3.63, 3.8) is 0 Å². The summed E-state index contributed by atoms with van der Waals surface area (Å²) in [5, 5.41) is 13.2. The molecule has 1 N–H and O–H groups in total. The summed E-state index contributed by atoms with van der Waals surface area (Å²) in [5.74, 6) is -1.09. The summed E-state index contributed by atoms with van der Waals surface area (Å²) in [4.78, 5) is 35.6. The van der Waals surface area contributed by atoms with E-state index in [2.05, 4.69) is 21.2 Å². The van der Waals surface area contributed by atoms with E-state index in [0.717, 1.165) is 16.9 Å². The van der Waals surface area contributed by atoms with Gasteiger partial charge in [0.25, 0.3) is 11.6 Å². The highest BCUT2D eigenvalue weighted by molar-refractivity contribution is 9.10. The molecule has 0 atom stereocenters. The van der Waals surface area contributed by atoms with Crippen molar-refractivity contribution in [2.45, 2.75) is 20.3 Å². The van der Waals surface area contributed by atoms with E-state index < -0.39 is 23.4 Å². The van der Waals surface area contributed by atoms with Crippen LogP contribution in [0.2, 0.25) is 0 Å². The van der Waals surface area contributed by atoms with Crippen LogP contribution in [0.5, 0.6) is 0 Å². The Bertz CT molecular complexity index is 834. The third-order valence-corrected chi connectivity index (χ3v) is 5.10. The Morgan fingerprint density at radius 1 is 1.36 bits per heavy atom. The monoisotopic (exact) mass is 426 g/mol. The van der Waals surface area contributed by atoms with Crippen LogP contribution in [0.15, 0.2) is 28.7 Å². The van der Waals surface area contributed by atoms with Crippen molar-refractivity contribution >= 4 is 50.5 Å². The first kappa shape index (κ1) is 19.1. The number of esters is 1. The third kappa shape index (κ3) is 4.86. The summed E-state index contributed by atoms with van der Waals surface area (Å²) < 4.78 is 5.38. The van der Waals surface area contributed by atoms with Gasteiger partial charge in [-0.2, -0.15) is 0 Å². The number of nitrogens with one attached hydrogen (secondary N) is 1. The van der Waals surface area contributed by atoms with Gasteiger partial charge in [0, 0.05) is 21.5 Å². The van der Waals surface area contributed by atoms with Crippen molar-refractivity contribution in [1.29, 1.82) is 0 Å². The van der Waals surface area contributed by atoms with Crippen LogP contribution in [0.25, 0.3) is 0 Å². The van der Waals surface area contributed by atoms with Gasteiger partial charge in [0.15, 0.2) is 6.61 Å². The van der Waals surface area contributed by atoms with Gasteiger partial charge >= 0.3 is 5.97 Å². The number of aryl methyl sites for hydroxylation is 2. The Morgan fingerprint density at radius 2 is 2.08 bits per heavy atom. The molecule has 2 rings (SSSR count). The Kier molecular flexibility index (Phi) is 6.27. The molecule has 0 radical (unpaired) electrons. The molecule has 0 aliphatic heterocycles. The second kappa shape index (κ2) is 8.21. The molecule has 2 aromatic rings. The molecule has 1 amide bonds. The fraction of sp³-hybridized carbons (Fsp3) is 0.250. The fourth-order valence-corrected chi connectivity index (χ4v) is 3.55. The smallest absolute Gasteiger partial charge is 0.348 e. The summed E-state index contributed by atoms with van der Waals surface area (Å²) in [6.07, 6.45) is 0.824. The number of nitro benzene ring substituents is 1. The molecule has 0 unspecified atom stereocenters. The SMILES string of the molecule is CCc1cc(C(=O)OCC(=O)Nc2ccc([N+](=O)[O-])cc2Br)sc1C. The average molecular weight is 427 g/mol. The zero-order chi connectivity index (χ0) is 18.6. The van der Waals surface area contributed by atoms with E-state index >= 15 is 0 Å². The second-order valence-electron chi connectivity index (χ2n) is 5.09. The lowest BCUT2D eigenvalue weighted by molar-refractivity contribution is -0.384. The number of ether oxygens (including phenoxy) is 1. The molecule has 25 heavy (non-hydrogen) atoms. The van der Waals surface area contributed by atoms with Crippen molar-refractivity contribution in [3.05, 3.63) is 54.2 Å². The zero-order valence-electron chi connectivity index (χ0n) is 13.5. The Balaban J connectivity index is 1.94. The lowest BCUT2D eigenvalue weighted by Gasteiger charge is -2.07. The van der Waals surface area contributed by atoms with Crippen molar-refractivity contribution in [1.82, 2.24) is 0 Å². The molecule has 0 aliphatic rings. The number of rotatable bonds is 6. The molecule has 0 spiro atoms. The number of halogens is 1. The van der Waals surface area contributed by atoms with Gasteiger partial charge in [0.1, 0.15) is 4.88 Å². The van der Waals surface area contributed by atoms with Crippen LogP contribution in [-0.4, -0.2) is 23.4 Å². The van der Waals surface area contributed by atoms with Crippen LogP contribution in [0.4, 0.5) is 11.4 Å². The van der Waals surface area contributed by atoms with Gasteiger partial charge in [-0.15, -0.1) is 11.3 Å². The van der Waals surface area contributed by atoms with Gasteiger partial charge in [0.2, 0.25) is 0 Å². The quantitative estimate of drug-likeness (QED) is 0.426. The van der Waals surface area contributed by atoms with Gasteiger partial charge in [-0.3, -0.25) is 14.9 Å². The Morgan fingerprint density at radius 3 is 2.64 bits per heavy atom. The molecular weight excluding hydrogens is 412 g/mol. The van der Waals surface area contributed by atoms with Crippen LogP contribution in [0, 0.1) is 17.0 Å². The van der Waals surface area contributed by atoms with Crippen LogP contribution in [-0.2, 0) is 16.0 Å². The molecule has 7 nitrogen and oxygen atoms in total. The highest BCUT2D eigenvalue weighted by Crippen LogP contribution is 2.27. The number of non-ortho nitro benzene ring substituents is 1. The van der Waals surface area contributed by atoms with E-state index in [1.165, 1.54) is 29.5 Å². The van der Waals surface area contributed by atoms with Crippen LogP contribution >= 0.6 is 27.3 Å². The first-order valence-corrected chi connectivity index (χ1v) is 8.93. The van der Waals surface area contributed by atoms with Crippen LogP contribution in [0.3, 0.4) is 0 Å². The molecule has 1 aromatic carbocycles. The summed E-state index contributed by atoms with van der Waals surface area (Å²) in [6, 6.07) is 5.72. The molecule has 1 aromatic heterocycles. The highest BCUT2D eigenvalue weighted by Gasteiger charge is 2.16. The number of thiophene rings is 1. The van der Waals surface area contributed by atoms with Crippen molar-refractivity contribution in [2.24, 2.45) is 0 Å². The summed E-state index contributed by atoms with van der Waals surface area (Å²) in [7, 11) is 0. The normalized spacial score (nSPS) is 10.4. The maximum atomic E-state index is 12.0. The number of hydrogen-bond acceptors (Lipinski definition) is 6. The number of carbonyl (C=O) groups is 2. The van der Waals surface area contributed by atoms with Gasteiger partial charge in [-0.25, -0.2) is 4.79 Å². The summed E-state index contributed by atoms with van der Waals surface area (Å²) in [6.45, 7) is 3.49. The van der Waals surface area contributed by atoms with E-state index in [4.69, 9.17) is 4.74 Å². The van der Waals surface area contributed by atoms with E-state index in [-0.39, 0.29) is 5.69 Å². The molecule has 0 bridgehead atoms. The van der Waals surface area contributed by atoms with Crippen molar-refractivity contribution < 1.29 is 19.2 Å². The van der Waals surface area contributed by atoms with Crippen LogP contribution in [0.1, 0.15) is 27.0 Å². The minimum Gasteiger partial charge on any atom is -0.451 e. The number of amides is 1. The molecule has 0 saturated heterocycles. The van der Waals surface area contributed by atoms with E-state index in [1.807, 2.05) is 13.8 Å². The first-order chi connectivity index (χ1) is 11.8. The summed E-state index contributed by atoms with van der Waals surface area (Å²) >= 11 is 4.49. The lowest BCUT2D eigenvalue weighted by atomic mass is 10.2. The number of anilines is 1. The molecule has 1 heterocycles. The lowest BCUT2D eigenvalue weighted by Crippen LogP contribution is -2.20. The number of benzene rings is 1. The van der Waals surface area contributed by atoms with Crippen molar-refractivity contribution in [3.8, 4) is 0 Å². The number of hydrogen-bond donors (Lipinski definition) is 1. The van der Waals surface area contributed by atoms with Gasteiger partial charge < -0.3 is 10.1 Å². The minimum absolute atomic E-state index is 0.101. The van der Waals surface area contributed by atoms with E-state index in [1.54, 1.807) is 6.07 Å². The molecule has 0 saturated carbocycles. The zero-order valence-corrected chi connectivity index (χ0v) is 15.9. The maximum absolute atomic E-state index is 12.0. The number of nitro groups is 1. The molecule has 132 valence electrons. The molecule has 0 aliphatic carbocycles. The van der Waals surface area contributed by atoms with Crippen molar-refractivity contribution in [2.75, 3.05) is 11.9 Å². The Labute approximate surface area is 156 Å². The maximum Gasteiger partial charge on any atom is 0.348 e. The molecule has 9 heteroatoms. The topological polar surface area (TPSA) is 98.5 Å². The minimum atomic E-state index is -0.550. The number of carbonyl (C=O) groups excluding carboxylic acids is 2. The van der Waals surface area contributed by atoms with Gasteiger partial charge in [-0.1, -0.05) is 6.92 Å². The second-order valence-corrected chi connectivity index (χ2v) is 7.20. The van der Waals surface area contributed by atoms with Crippen LogP contribution < -0.4 is 5.32 Å². The first-order valence-electron chi connectivity index (χ1n) is 7.32. The standard InChI is InChI=1S/C16H15BrN2O5S/c1-3-10-6-14(25-9(10)2)16(21)24-8-15(20)18-13-5-4-11(19(22)23)7-12(13)17/h4-7H,3,8H2,1-2H3,(H,18,20). The largest absolute Gasteiger partial charge is 0.451 e. The Hall–Kier alpha value is -2.26. The molecule has 0 fully saturated rings. The molecular formula is C16H15BrN2O5S. The average Bonchev–Trinajstić information content (AvgIpc) is 2.95. The van der Waals surface area contributed by atoms with Gasteiger partial charge in [0.05, 0.1) is 10.6 Å². The van der Waals surface area contributed by atoms with Gasteiger partial charge in [-0.05, 0) is 47.0 Å². The predicted octanol–water partition coefficient (Wildman–Crippen LogP) is 4.09. The fourth-order valence-electron chi connectivity index (χ4n) is 2.08. The highest BCUT2D eigenvalue weighted by atomic mass is 79.9. The summed E-state index contributed by atoms with van der Waals surface area (Å²) in [5.41, 5.74) is 1.33. The third-order valence-electron chi connectivity index (χ3n) is 3.37. The van der Waals surface area contributed by atoms with E-state index in [9.17, 15) is 19.7 Å². The predicted molar refractivity (Wildman–Crippen MR) is 98.1 cm³/mol.